The number of halogens is 2. The highest BCUT2D eigenvalue weighted by Crippen LogP contribution is 2.31. The molecule has 236 valence electrons. The van der Waals surface area contributed by atoms with E-state index in [1.807, 2.05) is 0 Å². The number of nitrogens with zero attached hydrogens (tertiary/aromatic N) is 3. The van der Waals surface area contributed by atoms with Gasteiger partial charge in [0.2, 0.25) is 11.8 Å². The van der Waals surface area contributed by atoms with Gasteiger partial charge >= 0.3 is 0 Å². The van der Waals surface area contributed by atoms with Crippen molar-refractivity contribution in [2.75, 3.05) is 18.0 Å². The Balaban J connectivity index is 2.16. The fourth-order valence-electron chi connectivity index (χ4n) is 4.50. The average molecular weight is 666 g/mol. The zero-order valence-corrected chi connectivity index (χ0v) is 27.2. The van der Waals surface area contributed by atoms with Crippen LogP contribution in [0.15, 0.2) is 65.6 Å². The van der Waals surface area contributed by atoms with E-state index >= 15 is 0 Å². The molecule has 1 N–H and O–H groups in total. The van der Waals surface area contributed by atoms with Crippen LogP contribution < -0.4 is 14.4 Å². The molecule has 2 amide bonds. The van der Waals surface area contributed by atoms with Gasteiger partial charge in [-0.05, 0) is 69.7 Å². The van der Waals surface area contributed by atoms with Gasteiger partial charge < -0.3 is 15.0 Å². The number of nitro benzene ring substituents is 1. The number of carbonyl (C=O) groups is 2. The predicted octanol–water partition coefficient (Wildman–Crippen LogP) is 5.75. The standard InChI is InChI=1S/C30H34Cl2N4O7S/c1-6-27(30(38)33-19(2)3)34(17-24-25(31)8-7-9-26(24)32)29(37)18-35(21-11-13-22(43-5)14-12-21)44(41,42)23-15-10-20(4)28(16-23)36(39)40/h7-16,19,27H,6,17-18H2,1-5H3,(H,33,38)/t27-/m1/s1. The third-order valence-corrected chi connectivity index (χ3v) is 9.29. The maximum absolute atomic E-state index is 14.2. The number of methoxy groups -OCH3 is 1. The minimum absolute atomic E-state index is 0.0952. The van der Waals surface area contributed by atoms with Gasteiger partial charge in [-0.3, -0.25) is 24.0 Å². The van der Waals surface area contributed by atoms with E-state index in [1.54, 1.807) is 39.0 Å². The lowest BCUT2D eigenvalue weighted by Gasteiger charge is -2.34. The van der Waals surface area contributed by atoms with Crippen molar-refractivity contribution in [1.29, 1.82) is 0 Å². The Bertz CT molecular complexity index is 1610. The number of nitrogens with one attached hydrogen (secondary N) is 1. The summed E-state index contributed by atoms with van der Waals surface area (Å²) >= 11 is 12.9. The second-order valence-electron chi connectivity index (χ2n) is 10.2. The molecular weight excluding hydrogens is 631 g/mol. The zero-order valence-electron chi connectivity index (χ0n) is 24.9. The molecule has 1 atom stereocenters. The Morgan fingerprint density at radius 3 is 2.18 bits per heavy atom. The Hall–Kier alpha value is -3.87. The number of carbonyl (C=O) groups excluding carboxylic acids is 2. The predicted molar refractivity (Wildman–Crippen MR) is 170 cm³/mol. The van der Waals surface area contributed by atoms with Gasteiger partial charge in [-0.25, -0.2) is 8.42 Å². The number of nitro groups is 1. The summed E-state index contributed by atoms with van der Waals surface area (Å²) in [4.78, 5) is 39.3. The quantitative estimate of drug-likeness (QED) is 0.181. The van der Waals surface area contributed by atoms with Crippen molar-refractivity contribution < 1.29 is 27.7 Å². The van der Waals surface area contributed by atoms with Crippen LogP contribution in [0.2, 0.25) is 10.0 Å². The van der Waals surface area contributed by atoms with Gasteiger partial charge in [0.15, 0.2) is 0 Å². The monoisotopic (exact) mass is 664 g/mol. The Kier molecular flexibility index (Phi) is 11.6. The van der Waals surface area contributed by atoms with Crippen molar-refractivity contribution in [2.45, 2.75) is 57.6 Å². The molecule has 14 heteroatoms. The molecule has 0 aliphatic carbocycles. The first-order valence-corrected chi connectivity index (χ1v) is 15.8. The first-order valence-electron chi connectivity index (χ1n) is 13.7. The number of hydrogen-bond acceptors (Lipinski definition) is 7. The van der Waals surface area contributed by atoms with Crippen LogP contribution in [0.4, 0.5) is 11.4 Å². The van der Waals surface area contributed by atoms with Crippen LogP contribution in [0, 0.1) is 17.0 Å². The molecule has 0 spiro atoms. The third-order valence-electron chi connectivity index (χ3n) is 6.81. The Labute approximate surface area is 266 Å². The number of hydrogen-bond donors (Lipinski definition) is 1. The molecule has 11 nitrogen and oxygen atoms in total. The molecular formula is C30H34Cl2N4O7S. The van der Waals surface area contributed by atoms with Crippen LogP contribution in [-0.2, 0) is 26.2 Å². The first-order chi connectivity index (χ1) is 20.7. The molecule has 0 aromatic heterocycles. The summed E-state index contributed by atoms with van der Waals surface area (Å²) in [6.07, 6.45) is 0.200. The van der Waals surface area contributed by atoms with Crippen molar-refractivity contribution in [3.05, 3.63) is 92.0 Å². The largest absolute Gasteiger partial charge is 0.497 e. The number of sulfonamides is 1. The van der Waals surface area contributed by atoms with Crippen LogP contribution in [0.1, 0.15) is 38.3 Å². The highest BCUT2D eigenvalue weighted by molar-refractivity contribution is 7.92. The van der Waals surface area contributed by atoms with E-state index in [9.17, 15) is 28.1 Å². The molecule has 0 saturated heterocycles. The van der Waals surface area contributed by atoms with E-state index in [-0.39, 0.29) is 45.2 Å². The number of rotatable bonds is 13. The average Bonchev–Trinajstić information content (AvgIpc) is 2.96. The fourth-order valence-corrected chi connectivity index (χ4v) is 6.46. The second kappa shape index (κ2) is 14.7. The van der Waals surface area contributed by atoms with E-state index < -0.39 is 45.0 Å². The van der Waals surface area contributed by atoms with Gasteiger partial charge in [-0.2, -0.15) is 0 Å². The van der Waals surface area contributed by atoms with Crippen molar-refractivity contribution >= 4 is 56.4 Å². The van der Waals surface area contributed by atoms with Crippen molar-refractivity contribution in [2.24, 2.45) is 0 Å². The Morgan fingerprint density at radius 2 is 1.66 bits per heavy atom. The summed E-state index contributed by atoms with van der Waals surface area (Å²) in [6.45, 7) is 5.84. The van der Waals surface area contributed by atoms with E-state index in [1.165, 1.54) is 55.3 Å². The molecule has 44 heavy (non-hydrogen) atoms. The van der Waals surface area contributed by atoms with Gasteiger partial charge in [0.1, 0.15) is 18.3 Å². The molecule has 3 aromatic rings. The lowest BCUT2D eigenvalue weighted by atomic mass is 10.1. The second-order valence-corrected chi connectivity index (χ2v) is 12.9. The van der Waals surface area contributed by atoms with E-state index in [4.69, 9.17) is 27.9 Å². The van der Waals surface area contributed by atoms with Gasteiger partial charge in [-0.15, -0.1) is 0 Å². The highest BCUT2D eigenvalue weighted by atomic mass is 35.5. The van der Waals surface area contributed by atoms with E-state index in [0.29, 0.717) is 11.3 Å². The SMILES string of the molecule is CC[C@H](C(=O)NC(C)C)N(Cc1c(Cl)cccc1Cl)C(=O)CN(c1ccc(OC)cc1)S(=O)(=O)c1ccc(C)c([N+](=O)[O-])c1. The Morgan fingerprint density at radius 1 is 1.05 bits per heavy atom. The lowest BCUT2D eigenvalue weighted by Crippen LogP contribution is -2.53. The smallest absolute Gasteiger partial charge is 0.273 e. The molecule has 3 rings (SSSR count). The number of anilines is 1. The van der Waals surface area contributed by atoms with E-state index in [2.05, 4.69) is 5.32 Å². The molecule has 0 aliphatic heterocycles. The zero-order chi connectivity index (χ0) is 32.8. The highest BCUT2D eigenvalue weighted by Gasteiger charge is 2.35. The molecule has 0 radical (unpaired) electrons. The minimum Gasteiger partial charge on any atom is -0.497 e. The van der Waals surface area contributed by atoms with Crippen LogP contribution in [0.25, 0.3) is 0 Å². The molecule has 0 aliphatic rings. The maximum Gasteiger partial charge on any atom is 0.273 e. The van der Waals surface area contributed by atoms with Crippen LogP contribution >= 0.6 is 23.2 Å². The van der Waals surface area contributed by atoms with Crippen molar-refractivity contribution in [3.8, 4) is 5.75 Å². The summed E-state index contributed by atoms with van der Waals surface area (Å²) in [5.74, 6) is -0.727. The summed E-state index contributed by atoms with van der Waals surface area (Å²) < 4.78 is 34.2. The molecule has 0 fully saturated rings. The van der Waals surface area contributed by atoms with Crippen LogP contribution in [0.3, 0.4) is 0 Å². The summed E-state index contributed by atoms with van der Waals surface area (Å²) in [6, 6.07) is 13.1. The first kappa shape index (κ1) is 34.6. The molecule has 3 aromatic carbocycles. The molecule has 0 saturated carbocycles. The van der Waals surface area contributed by atoms with Crippen LogP contribution in [-0.4, -0.2) is 55.8 Å². The number of ether oxygens (including phenoxy) is 1. The summed E-state index contributed by atoms with van der Waals surface area (Å²) in [7, 11) is -3.10. The minimum atomic E-state index is -4.55. The van der Waals surface area contributed by atoms with Crippen LogP contribution in [0.5, 0.6) is 5.75 Å². The van der Waals surface area contributed by atoms with Crippen molar-refractivity contribution in [3.63, 3.8) is 0 Å². The van der Waals surface area contributed by atoms with Gasteiger partial charge in [0, 0.05) is 39.8 Å². The van der Waals surface area contributed by atoms with Gasteiger partial charge in [0.25, 0.3) is 15.7 Å². The van der Waals surface area contributed by atoms with Crippen molar-refractivity contribution in [1.82, 2.24) is 10.2 Å². The maximum atomic E-state index is 14.2. The topological polar surface area (TPSA) is 139 Å². The fraction of sp³-hybridized carbons (Fsp3) is 0.333. The number of benzene rings is 3. The lowest BCUT2D eigenvalue weighted by molar-refractivity contribution is -0.385. The summed E-state index contributed by atoms with van der Waals surface area (Å²) in [5.41, 5.74) is 0.357. The normalized spacial score (nSPS) is 12.0. The number of aryl methyl sites for hydroxylation is 1. The van der Waals surface area contributed by atoms with Gasteiger partial charge in [-0.1, -0.05) is 42.3 Å². The molecule has 0 unspecified atom stereocenters. The van der Waals surface area contributed by atoms with Gasteiger partial charge in [0.05, 0.1) is 22.6 Å². The molecule has 0 heterocycles. The molecule has 0 bridgehead atoms. The summed E-state index contributed by atoms with van der Waals surface area (Å²) in [5, 5.41) is 15.0. The third kappa shape index (κ3) is 7.99. The van der Waals surface area contributed by atoms with E-state index in [0.717, 1.165) is 10.4 Å². The number of amides is 2.